The number of allylic oxidation sites excluding steroid dienone is 2. The van der Waals surface area contributed by atoms with Crippen LogP contribution in [0.2, 0.25) is 0 Å². The van der Waals surface area contributed by atoms with E-state index in [1.165, 1.54) is 12.1 Å². The summed E-state index contributed by atoms with van der Waals surface area (Å²) in [6.07, 6.45) is 3.94. The van der Waals surface area contributed by atoms with Crippen molar-refractivity contribution in [3.63, 3.8) is 0 Å². The van der Waals surface area contributed by atoms with E-state index >= 15 is 0 Å². The monoisotopic (exact) mass is 359 g/mol. The Morgan fingerprint density at radius 3 is 2.41 bits per heavy atom. The summed E-state index contributed by atoms with van der Waals surface area (Å²) in [5.41, 5.74) is 6.40. The standard InChI is InChI=1S/C21H18FN5/c1-27-14-6-7-17(27)18-15(8-14)16(9-23)20(26)21(10-24,11-25)19(18)12-2-4-13(22)5-3-12/h2-5,8,14,17-19H,6-7,26H2,1H3/t14?,17?,18-,19+/m0/s1. The average molecular weight is 359 g/mol. The van der Waals surface area contributed by atoms with Gasteiger partial charge in [-0.1, -0.05) is 18.2 Å². The van der Waals surface area contributed by atoms with Crippen molar-refractivity contribution in [2.75, 3.05) is 7.05 Å². The van der Waals surface area contributed by atoms with Gasteiger partial charge in [-0.3, -0.25) is 4.90 Å². The second-order valence-electron chi connectivity index (χ2n) is 7.49. The lowest BCUT2D eigenvalue weighted by Gasteiger charge is -2.48. The minimum Gasteiger partial charge on any atom is -0.399 e. The SMILES string of the molecule is CN1C2C=C3C(C#N)=C(N)C(C#N)(C#N)[C@H](c4ccc(F)cc4)[C@@H]3C1CC2. The predicted octanol–water partition coefficient (Wildman–Crippen LogP) is 2.71. The lowest BCUT2D eigenvalue weighted by Crippen LogP contribution is -2.51. The summed E-state index contributed by atoms with van der Waals surface area (Å²) in [5, 5.41) is 29.8. The fourth-order valence-corrected chi connectivity index (χ4v) is 5.13. The summed E-state index contributed by atoms with van der Waals surface area (Å²) in [5.74, 6) is -1.17. The molecule has 0 saturated carbocycles. The zero-order valence-corrected chi connectivity index (χ0v) is 14.9. The number of likely N-dealkylation sites (N-methyl/N-ethyl adjacent to an activating group) is 1. The van der Waals surface area contributed by atoms with Gasteiger partial charge in [0.05, 0.1) is 23.4 Å². The van der Waals surface area contributed by atoms with Gasteiger partial charge in [0.1, 0.15) is 11.9 Å². The number of benzene rings is 1. The van der Waals surface area contributed by atoms with Crippen molar-refractivity contribution in [2.45, 2.75) is 30.8 Å². The van der Waals surface area contributed by atoms with Gasteiger partial charge in [0, 0.05) is 23.9 Å². The van der Waals surface area contributed by atoms with Gasteiger partial charge in [-0.05, 0) is 43.2 Å². The highest BCUT2D eigenvalue weighted by molar-refractivity contribution is 5.60. The first kappa shape index (κ1) is 17.3. The molecule has 0 radical (unpaired) electrons. The molecule has 2 N–H and O–H groups in total. The summed E-state index contributed by atoms with van der Waals surface area (Å²) in [7, 11) is 2.03. The van der Waals surface area contributed by atoms with E-state index in [1.807, 2.05) is 7.05 Å². The van der Waals surface area contributed by atoms with Crippen molar-refractivity contribution in [3.8, 4) is 18.2 Å². The number of hydrogen-bond acceptors (Lipinski definition) is 5. The highest BCUT2D eigenvalue weighted by Gasteiger charge is 2.58. The van der Waals surface area contributed by atoms with Crippen LogP contribution in [0, 0.1) is 51.1 Å². The molecule has 3 aliphatic rings. The molecule has 2 heterocycles. The van der Waals surface area contributed by atoms with Gasteiger partial charge in [0.15, 0.2) is 5.41 Å². The summed E-state index contributed by atoms with van der Waals surface area (Å²) in [6, 6.07) is 12.6. The van der Waals surface area contributed by atoms with E-state index in [1.54, 1.807) is 12.1 Å². The number of fused-ring (bicyclic) bond motifs is 4. The van der Waals surface area contributed by atoms with E-state index in [-0.39, 0.29) is 35.1 Å². The third-order valence-corrected chi connectivity index (χ3v) is 6.45. The van der Waals surface area contributed by atoms with E-state index in [0.717, 1.165) is 18.4 Å². The number of halogens is 1. The van der Waals surface area contributed by atoms with Crippen molar-refractivity contribution in [1.82, 2.24) is 4.90 Å². The Labute approximate surface area is 157 Å². The Hall–Kier alpha value is -3.14. The Bertz CT molecular complexity index is 971. The lowest BCUT2D eigenvalue weighted by molar-refractivity contribution is 0.160. The van der Waals surface area contributed by atoms with Crippen molar-refractivity contribution in [1.29, 1.82) is 15.8 Å². The van der Waals surface area contributed by atoms with Gasteiger partial charge < -0.3 is 5.73 Å². The Balaban J connectivity index is 2.04. The molecule has 134 valence electrons. The van der Waals surface area contributed by atoms with Crippen LogP contribution in [-0.4, -0.2) is 24.0 Å². The zero-order valence-electron chi connectivity index (χ0n) is 14.9. The molecule has 0 amide bonds. The Morgan fingerprint density at radius 1 is 1.15 bits per heavy atom. The molecule has 2 aliphatic heterocycles. The third-order valence-electron chi connectivity index (χ3n) is 6.45. The van der Waals surface area contributed by atoms with Crippen LogP contribution < -0.4 is 5.73 Å². The maximum absolute atomic E-state index is 13.5. The van der Waals surface area contributed by atoms with Crippen LogP contribution in [0.25, 0.3) is 0 Å². The topological polar surface area (TPSA) is 101 Å². The molecule has 1 aromatic rings. The van der Waals surface area contributed by atoms with Crippen molar-refractivity contribution < 1.29 is 4.39 Å². The van der Waals surface area contributed by atoms with Gasteiger partial charge in [-0.15, -0.1) is 0 Å². The molecule has 0 aromatic heterocycles. The van der Waals surface area contributed by atoms with E-state index in [0.29, 0.717) is 5.56 Å². The molecule has 4 atom stereocenters. The van der Waals surface area contributed by atoms with Gasteiger partial charge in [0.25, 0.3) is 0 Å². The number of nitrogens with zero attached hydrogens (tertiary/aromatic N) is 4. The molecule has 27 heavy (non-hydrogen) atoms. The van der Waals surface area contributed by atoms with E-state index in [4.69, 9.17) is 5.73 Å². The van der Waals surface area contributed by atoms with Crippen molar-refractivity contribution >= 4 is 0 Å². The highest BCUT2D eigenvalue weighted by Crippen LogP contribution is 2.58. The molecular formula is C21H18FN5. The fourth-order valence-electron chi connectivity index (χ4n) is 5.13. The first-order chi connectivity index (χ1) is 13.0. The summed E-state index contributed by atoms with van der Waals surface area (Å²) >= 11 is 0. The predicted molar refractivity (Wildman–Crippen MR) is 95.8 cm³/mol. The maximum atomic E-state index is 13.5. The number of nitriles is 3. The largest absolute Gasteiger partial charge is 0.399 e. The second-order valence-corrected chi connectivity index (χ2v) is 7.49. The van der Waals surface area contributed by atoms with Crippen LogP contribution in [0.1, 0.15) is 24.3 Å². The Morgan fingerprint density at radius 2 is 1.81 bits per heavy atom. The minimum absolute atomic E-state index is 0.00998. The highest BCUT2D eigenvalue weighted by atomic mass is 19.1. The maximum Gasteiger partial charge on any atom is 0.191 e. The molecule has 4 rings (SSSR count). The van der Waals surface area contributed by atoms with Crippen molar-refractivity contribution in [3.05, 3.63) is 58.6 Å². The van der Waals surface area contributed by atoms with Crippen LogP contribution in [0.4, 0.5) is 4.39 Å². The summed E-state index contributed by atoms with van der Waals surface area (Å²) in [6.45, 7) is 0. The van der Waals surface area contributed by atoms with E-state index in [2.05, 4.69) is 29.2 Å². The number of hydrogen-bond donors (Lipinski definition) is 1. The van der Waals surface area contributed by atoms with Crippen LogP contribution in [0.5, 0.6) is 0 Å². The quantitative estimate of drug-likeness (QED) is 0.831. The smallest absolute Gasteiger partial charge is 0.191 e. The van der Waals surface area contributed by atoms with Gasteiger partial charge in [0.2, 0.25) is 0 Å². The molecule has 1 aliphatic carbocycles. The van der Waals surface area contributed by atoms with Gasteiger partial charge in [-0.2, -0.15) is 15.8 Å². The lowest BCUT2D eigenvalue weighted by atomic mass is 9.56. The van der Waals surface area contributed by atoms with Crippen molar-refractivity contribution in [2.24, 2.45) is 17.1 Å². The molecule has 1 saturated heterocycles. The number of rotatable bonds is 1. The Kier molecular flexibility index (Phi) is 3.81. The summed E-state index contributed by atoms with van der Waals surface area (Å²) in [4.78, 5) is 2.25. The molecule has 2 unspecified atom stereocenters. The van der Waals surface area contributed by atoms with Crippen LogP contribution in [-0.2, 0) is 0 Å². The molecule has 2 bridgehead atoms. The zero-order chi connectivity index (χ0) is 19.3. The molecule has 5 nitrogen and oxygen atoms in total. The normalized spacial score (nSPS) is 31.3. The molecule has 1 fully saturated rings. The average Bonchev–Trinajstić information content (AvgIpc) is 2.91. The van der Waals surface area contributed by atoms with Crippen LogP contribution in [0.15, 0.2) is 47.2 Å². The van der Waals surface area contributed by atoms with Crippen LogP contribution >= 0.6 is 0 Å². The first-order valence-corrected chi connectivity index (χ1v) is 8.90. The fraction of sp³-hybridized carbons (Fsp3) is 0.381. The molecular weight excluding hydrogens is 341 g/mol. The first-order valence-electron chi connectivity index (χ1n) is 8.90. The third kappa shape index (κ3) is 2.16. The van der Waals surface area contributed by atoms with Crippen LogP contribution in [0.3, 0.4) is 0 Å². The molecule has 1 aromatic carbocycles. The summed E-state index contributed by atoms with van der Waals surface area (Å²) < 4.78 is 13.5. The van der Waals surface area contributed by atoms with E-state index < -0.39 is 11.3 Å². The number of nitrogens with two attached hydrogens (primary N) is 1. The molecule has 0 spiro atoms. The minimum atomic E-state index is -1.67. The molecule has 6 heteroatoms. The van der Waals surface area contributed by atoms with Gasteiger partial charge in [-0.25, -0.2) is 4.39 Å². The second kappa shape index (κ2) is 5.95. The van der Waals surface area contributed by atoms with Gasteiger partial charge >= 0.3 is 0 Å². The van der Waals surface area contributed by atoms with E-state index in [9.17, 15) is 20.2 Å².